The molecule has 0 spiro atoms. The van der Waals surface area contributed by atoms with E-state index in [0.717, 1.165) is 25.4 Å². The predicted molar refractivity (Wildman–Crippen MR) is 75.8 cm³/mol. The van der Waals surface area contributed by atoms with Crippen LogP contribution < -0.4 is 4.57 Å². The molecule has 0 aliphatic rings. The zero-order valence-electron chi connectivity index (χ0n) is 12.6. The minimum Gasteiger partial charge on any atom is -0.377 e. The van der Waals surface area contributed by atoms with Crippen molar-refractivity contribution in [2.75, 3.05) is 21.3 Å². The van der Waals surface area contributed by atoms with Crippen molar-refractivity contribution in [3.8, 4) is 0 Å². The SMILES string of the molecule is CCCCc1c[n+](CCC[Si](OC)(OC)OC)c[nH]1. The van der Waals surface area contributed by atoms with Crippen LogP contribution >= 0.6 is 0 Å². The predicted octanol–water partition coefficient (Wildman–Crippen LogP) is 1.91. The molecule has 0 radical (unpaired) electrons. The second-order valence-electron chi connectivity index (χ2n) is 4.67. The Kier molecular flexibility index (Phi) is 7.30. The first kappa shape index (κ1) is 16.4. The van der Waals surface area contributed by atoms with Crippen LogP contribution in [-0.2, 0) is 26.2 Å². The van der Waals surface area contributed by atoms with Gasteiger partial charge < -0.3 is 13.3 Å². The third-order valence-electron chi connectivity index (χ3n) is 3.37. The van der Waals surface area contributed by atoms with Gasteiger partial charge in [0.15, 0.2) is 0 Å². The number of hydrogen-bond acceptors (Lipinski definition) is 3. The molecule has 0 aliphatic carbocycles. The lowest BCUT2D eigenvalue weighted by atomic mass is 10.2. The molecule has 1 aromatic rings. The monoisotopic (exact) mass is 287 g/mol. The first-order valence-corrected chi connectivity index (χ1v) is 8.84. The van der Waals surface area contributed by atoms with Crippen LogP contribution in [0.3, 0.4) is 0 Å². The Hall–Kier alpha value is -0.693. The molecule has 1 aromatic heterocycles. The highest BCUT2D eigenvalue weighted by Gasteiger charge is 2.37. The van der Waals surface area contributed by atoms with Crippen molar-refractivity contribution < 1.29 is 17.8 Å². The zero-order chi connectivity index (χ0) is 14.1. The Morgan fingerprint density at radius 1 is 1.16 bits per heavy atom. The molecule has 110 valence electrons. The van der Waals surface area contributed by atoms with Crippen molar-refractivity contribution in [3.63, 3.8) is 0 Å². The zero-order valence-corrected chi connectivity index (χ0v) is 13.6. The summed E-state index contributed by atoms with van der Waals surface area (Å²) in [5.74, 6) is 0. The topological polar surface area (TPSA) is 47.4 Å². The molecule has 0 saturated carbocycles. The number of nitrogens with zero attached hydrogens (tertiary/aromatic N) is 1. The van der Waals surface area contributed by atoms with Crippen molar-refractivity contribution in [2.45, 2.75) is 45.2 Å². The highest BCUT2D eigenvalue weighted by atomic mass is 28.4. The maximum atomic E-state index is 5.41. The molecule has 0 unspecified atom stereocenters. The molecule has 0 atom stereocenters. The fourth-order valence-corrected chi connectivity index (χ4v) is 3.81. The molecule has 0 aliphatic heterocycles. The molecular formula is C13H27N2O3Si+. The first-order chi connectivity index (χ1) is 9.19. The van der Waals surface area contributed by atoms with Gasteiger partial charge >= 0.3 is 8.80 Å². The van der Waals surface area contributed by atoms with Crippen LogP contribution in [0.4, 0.5) is 0 Å². The molecule has 19 heavy (non-hydrogen) atoms. The number of unbranched alkanes of at least 4 members (excludes halogenated alkanes) is 1. The maximum Gasteiger partial charge on any atom is 0.500 e. The van der Waals surface area contributed by atoms with E-state index in [9.17, 15) is 0 Å². The van der Waals surface area contributed by atoms with Gasteiger partial charge in [-0.2, -0.15) is 0 Å². The second kappa shape index (κ2) is 8.47. The van der Waals surface area contributed by atoms with E-state index in [1.54, 1.807) is 21.3 Å². The lowest BCUT2D eigenvalue weighted by Gasteiger charge is -2.23. The van der Waals surface area contributed by atoms with Crippen LogP contribution in [0.5, 0.6) is 0 Å². The molecule has 0 fully saturated rings. The normalized spacial score (nSPS) is 12.0. The van der Waals surface area contributed by atoms with E-state index in [2.05, 4.69) is 22.7 Å². The summed E-state index contributed by atoms with van der Waals surface area (Å²) >= 11 is 0. The molecule has 0 saturated heterocycles. The molecule has 1 rings (SSSR count). The maximum absolute atomic E-state index is 5.41. The molecule has 5 nitrogen and oxygen atoms in total. The largest absolute Gasteiger partial charge is 0.500 e. The van der Waals surface area contributed by atoms with Gasteiger partial charge in [-0.3, -0.25) is 0 Å². The van der Waals surface area contributed by atoms with E-state index in [1.807, 2.05) is 6.33 Å². The molecule has 1 N–H and O–H groups in total. The Balaban J connectivity index is 2.38. The Labute approximate surface area is 117 Å². The van der Waals surface area contributed by atoms with Crippen LogP contribution in [0, 0.1) is 0 Å². The van der Waals surface area contributed by atoms with E-state index in [4.69, 9.17) is 13.3 Å². The molecule has 6 heteroatoms. The van der Waals surface area contributed by atoms with Crippen molar-refractivity contribution in [2.24, 2.45) is 0 Å². The van der Waals surface area contributed by atoms with Gasteiger partial charge in [-0.05, 0) is 12.8 Å². The van der Waals surface area contributed by atoms with Crippen LogP contribution in [-0.4, -0.2) is 35.1 Å². The molecule has 0 bridgehead atoms. The van der Waals surface area contributed by atoms with Crippen molar-refractivity contribution in [1.82, 2.24) is 4.98 Å². The van der Waals surface area contributed by atoms with Gasteiger partial charge in [0.05, 0.1) is 6.54 Å². The average molecular weight is 287 g/mol. The van der Waals surface area contributed by atoms with Crippen molar-refractivity contribution in [3.05, 3.63) is 18.2 Å². The molecule has 1 heterocycles. The average Bonchev–Trinajstić information content (AvgIpc) is 2.90. The van der Waals surface area contributed by atoms with Gasteiger partial charge in [-0.1, -0.05) is 13.3 Å². The summed E-state index contributed by atoms with van der Waals surface area (Å²) < 4.78 is 18.4. The van der Waals surface area contributed by atoms with E-state index >= 15 is 0 Å². The number of aryl methyl sites for hydroxylation is 2. The van der Waals surface area contributed by atoms with Gasteiger partial charge in [0.25, 0.3) is 0 Å². The summed E-state index contributed by atoms with van der Waals surface area (Å²) in [7, 11) is 2.57. The van der Waals surface area contributed by atoms with E-state index in [-0.39, 0.29) is 0 Å². The number of rotatable bonds is 10. The fourth-order valence-electron chi connectivity index (χ4n) is 2.11. The third kappa shape index (κ3) is 5.06. The Morgan fingerprint density at radius 3 is 2.42 bits per heavy atom. The highest BCUT2D eigenvalue weighted by Crippen LogP contribution is 2.14. The number of H-pyrrole nitrogens is 1. The summed E-state index contributed by atoms with van der Waals surface area (Å²) in [4.78, 5) is 3.31. The Morgan fingerprint density at radius 2 is 1.84 bits per heavy atom. The van der Waals surface area contributed by atoms with E-state index in [1.165, 1.54) is 18.5 Å². The summed E-state index contributed by atoms with van der Waals surface area (Å²) in [6, 6.07) is 0.832. The quantitative estimate of drug-likeness (QED) is 0.528. The van der Waals surface area contributed by atoms with Crippen LogP contribution in [0.15, 0.2) is 12.5 Å². The van der Waals surface area contributed by atoms with E-state index < -0.39 is 8.80 Å². The minimum absolute atomic E-state index is 0.832. The van der Waals surface area contributed by atoms with Crippen LogP contribution in [0.1, 0.15) is 31.9 Å². The Bertz CT molecular complexity index is 345. The third-order valence-corrected chi connectivity index (χ3v) is 6.20. The second-order valence-corrected chi connectivity index (χ2v) is 7.76. The standard InChI is InChI=1S/C13H26N2O3Si/c1-5-6-8-13-11-15(12-14-13)9-7-10-19(16-2,17-3)18-4/h11-12H,5-10H2,1-4H3/p+1. The molecule has 0 aromatic carbocycles. The summed E-state index contributed by atoms with van der Waals surface area (Å²) in [5.41, 5.74) is 1.30. The van der Waals surface area contributed by atoms with Crippen LogP contribution in [0.2, 0.25) is 6.04 Å². The van der Waals surface area contributed by atoms with Crippen molar-refractivity contribution >= 4 is 8.80 Å². The summed E-state index contributed by atoms with van der Waals surface area (Å²) in [6.07, 6.45) is 8.77. The molecule has 0 amide bonds. The number of aromatic amines is 1. The van der Waals surface area contributed by atoms with Crippen LogP contribution in [0.25, 0.3) is 0 Å². The van der Waals surface area contributed by atoms with Gasteiger partial charge in [-0.15, -0.1) is 0 Å². The van der Waals surface area contributed by atoms with Gasteiger partial charge in [0.2, 0.25) is 6.33 Å². The molecular weight excluding hydrogens is 260 g/mol. The van der Waals surface area contributed by atoms with E-state index in [0.29, 0.717) is 0 Å². The number of nitrogens with one attached hydrogen (secondary N) is 1. The minimum atomic E-state index is -2.41. The fraction of sp³-hybridized carbons (Fsp3) is 0.769. The van der Waals surface area contributed by atoms with Crippen molar-refractivity contribution in [1.29, 1.82) is 0 Å². The lowest BCUT2D eigenvalue weighted by Crippen LogP contribution is -2.43. The van der Waals surface area contributed by atoms with Gasteiger partial charge in [-0.25, -0.2) is 9.55 Å². The number of hydrogen-bond donors (Lipinski definition) is 1. The first-order valence-electron chi connectivity index (χ1n) is 6.91. The number of aromatic nitrogens is 2. The van der Waals surface area contributed by atoms with Gasteiger partial charge in [0, 0.05) is 33.8 Å². The summed E-state index contributed by atoms with van der Waals surface area (Å²) in [6.45, 7) is 3.16. The highest BCUT2D eigenvalue weighted by molar-refractivity contribution is 6.60. The smallest absolute Gasteiger partial charge is 0.377 e. The lowest BCUT2D eigenvalue weighted by molar-refractivity contribution is -0.695. The summed E-state index contributed by atoms with van der Waals surface area (Å²) in [5, 5.41) is 0. The number of imidazole rings is 1. The van der Waals surface area contributed by atoms with Gasteiger partial charge in [0.1, 0.15) is 11.9 Å².